The van der Waals surface area contributed by atoms with Crippen LogP contribution in [0.2, 0.25) is 0 Å². The van der Waals surface area contributed by atoms with E-state index in [0.717, 1.165) is 59.8 Å². The maximum absolute atomic E-state index is 6.15. The van der Waals surface area contributed by atoms with E-state index in [1.807, 2.05) is 24.3 Å². The second-order valence-corrected chi connectivity index (χ2v) is 5.50. The van der Waals surface area contributed by atoms with Crippen molar-refractivity contribution >= 4 is 0 Å². The summed E-state index contributed by atoms with van der Waals surface area (Å²) in [6.07, 6.45) is 4.06. The van der Waals surface area contributed by atoms with E-state index in [9.17, 15) is 0 Å². The molecule has 0 heterocycles. The Bertz CT molecular complexity index is 579. The van der Waals surface area contributed by atoms with E-state index in [1.165, 1.54) is 0 Å². The van der Waals surface area contributed by atoms with Gasteiger partial charge in [-0.15, -0.1) is 0 Å². The quantitative estimate of drug-likeness (QED) is 0.653. The lowest BCUT2D eigenvalue weighted by Crippen LogP contribution is -1.98. The fourth-order valence-electron chi connectivity index (χ4n) is 2.80. The number of aryl methyl sites for hydroxylation is 2. The molecule has 0 saturated heterocycles. The van der Waals surface area contributed by atoms with Crippen LogP contribution in [0.25, 0.3) is 0 Å². The van der Waals surface area contributed by atoms with E-state index in [2.05, 4.69) is 26.0 Å². The zero-order valence-electron chi connectivity index (χ0n) is 14.5. The number of hydrogen-bond donors (Lipinski definition) is 0. The van der Waals surface area contributed by atoms with E-state index in [0.29, 0.717) is 0 Å². The maximum atomic E-state index is 6.15. The zero-order valence-corrected chi connectivity index (χ0v) is 14.5. The van der Waals surface area contributed by atoms with Crippen molar-refractivity contribution in [2.24, 2.45) is 0 Å². The number of para-hydroxylation sites is 2. The van der Waals surface area contributed by atoms with Crippen LogP contribution in [-0.2, 0) is 12.8 Å². The van der Waals surface area contributed by atoms with Gasteiger partial charge in [0.2, 0.25) is 0 Å². The Kier molecular flexibility index (Phi) is 6.33. The second-order valence-electron chi connectivity index (χ2n) is 5.50. The van der Waals surface area contributed by atoms with Gasteiger partial charge in [-0.2, -0.15) is 0 Å². The average Bonchev–Trinajstić information content (AvgIpc) is 2.56. The summed E-state index contributed by atoms with van der Waals surface area (Å²) >= 11 is 0. The van der Waals surface area contributed by atoms with Gasteiger partial charge in [-0.05, 0) is 36.1 Å². The average molecular weight is 314 g/mol. The minimum Gasteiger partial charge on any atom is -0.493 e. The first-order valence-electron chi connectivity index (χ1n) is 8.24. The van der Waals surface area contributed by atoms with Crippen molar-refractivity contribution in [1.29, 1.82) is 0 Å². The third kappa shape index (κ3) is 3.98. The smallest absolute Gasteiger partial charge is 0.169 e. The molecule has 0 bridgehead atoms. The van der Waals surface area contributed by atoms with Gasteiger partial charge >= 0.3 is 0 Å². The Morgan fingerprint density at radius 1 is 0.696 bits per heavy atom. The molecule has 124 valence electrons. The number of rotatable bonds is 8. The monoisotopic (exact) mass is 314 g/mol. The maximum Gasteiger partial charge on any atom is 0.169 e. The van der Waals surface area contributed by atoms with Crippen LogP contribution in [0.5, 0.6) is 23.0 Å². The molecule has 2 rings (SSSR count). The Labute approximate surface area is 139 Å². The summed E-state index contributed by atoms with van der Waals surface area (Å²) in [5.74, 6) is 3.06. The Hall–Kier alpha value is -2.16. The largest absolute Gasteiger partial charge is 0.493 e. The Morgan fingerprint density at radius 2 is 1.13 bits per heavy atom. The molecular weight excluding hydrogens is 288 g/mol. The van der Waals surface area contributed by atoms with Crippen LogP contribution in [0.15, 0.2) is 36.4 Å². The number of benzene rings is 2. The standard InChI is InChI=1S/C20H26O3/c1-5-9-15-11-7-13-17(19(15)21-3)23-18-14-8-12-16(10-6-2)20(18)22-4/h7-8,11-14H,5-6,9-10H2,1-4H3. The molecule has 0 N–H and O–H groups in total. The molecule has 0 radical (unpaired) electrons. The summed E-state index contributed by atoms with van der Waals surface area (Å²) in [7, 11) is 3.37. The summed E-state index contributed by atoms with van der Waals surface area (Å²) in [4.78, 5) is 0. The molecule has 0 atom stereocenters. The molecular formula is C20H26O3. The molecule has 0 aliphatic carbocycles. The first-order chi connectivity index (χ1) is 11.2. The summed E-state index contributed by atoms with van der Waals surface area (Å²) in [6, 6.07) is 12.0. The van der Waals surface area contributed by atoms with Crippen LogP contribution >= 0.6 is 0 Å². The van der Waals surface area contributed by atoms with Crippen molar-refractivity contribution in [2.45, 2.75) is 39.5 Å². The lowest BCUT2D eigenvalue weighted by molar-refractivity contribution is 0.352. The van der Waals surface area contributed by atoms with Crippen molar-refractivity contribution in [2.75, 3.05) is 14.2 Å². The predicted octanol–water partition coefficient (Wildman–Crippen LogP) is 5.40. The molecule has 0 unspecified atom stereocenters. The molecule has 0 aromatic heterocycles. The summed E-state index contributed by atoms with van der Waals surface area (Å²) in [5.41, 5.74) is 2.33. The summed E-state index contributed by atoms with van der Waals surface area (Å²) in [6.45, 7) is 4.31. The Balaban J connectivity index is 2.39. The minimum atomic E-state index is 0.727. The van der Waals surface area contributed by atoms with Crippen molar-refractivity contribution in [3.63, 3.8) is 0 Å². The van der Waals surface area contributed by atoms with Gasteiger partial charge in [0, 0.05) is 0 Å². The molecule has 0 amide bonds. The highest BCUT2D eigenvalue weighted by Crippen LogP contribution is 2.40. The lowest BCUT2D eigenvalue weighted by atomic mass is 10.1. The van der Waals surface area contributed by atoms with Crippen molar-refractivity contribution in [1.82, 2.24) is 0 Å². The third-order valence-corrected chi connectivity index (χ3v) is 3.79. The van der Waals surface area contributed by atoms with Crippen LogP contribution in [-0.4, -0.2) is 14.2 Å². The zero-order chi connectivity index (χ0) is 16.7. The topological polar surface area (TPSA) is 27.7 Å². The number of hydrogen-bond acceptors (Lipinski definition) is 3. The molecule has 23 heavy (non-hydrogen) atoms. The fraction of sp³-hybridized carbons (Fsp3) is 0.400. The highest BCUT2D eigenvalue weighted by atomic mass is 16.5. The van der Waals surface area contributed by atoms with Gasteiger partial charge < -0.3 is 14.2 Å². The minimum absolute atomic E-state index is 0.727. The van der Waals surface area contributed by atoms with Gasteiger partial charge in [-0.1, -0.05) is 51.0 Å². The van der Waals surface area contributed by atoms with Crippen LogP contribution in [0, 0.1) is 0 Å². The summed E-state index contributed by atoms with van der Waals surface area (Å²) < 4.78 is 17.3. The number of ether oxygens (including phenoxy) is 3. The molecule has 2 aromatic rings. The second kappa shape index (κ2) is 8.47. The van der Waals surface area contributed by atoms with Crippen LogP contribution in [0.4, 0.5) is 0 Å². The van der Waals surface area contributed by atoms with Gasteiger partial charge in [-0.25, -0.2) is 0 Å². The summed E-state index contributed by atoms with van der Waals surface area (Å²) in [5, 5.41) is 0. The van der Waals surface area contributed by atoms with E-state index >= 15 is 0 Å². The Morgan fingerprint density at radius 3 is 1.48 bits per heavy atom. The number of methoxy groups -OCH3 is 2. The van der Waals surface area contributed by atoms with Crippen molar-refractivity contribution < 1.29 is 14.2 Å². The first kappa shape index (κ1) is 17.2. The molecule has 0 saturated carbocycles. The predicted molar refractivity (Wildman–Crippen MR) is 94.1 cm³/mol. The molecule has 3 heteroatoms. The fourth-order valence-corrected chi connectivity index (χ4v) is 2.80. The van der Waals surface area contributed by atoms with E-state index in [1.54, 1.807) is 14.2 Å². The molecule has 2 aromatic carbocycles. The molecule has 0 fully saturated rings. The molecule has 3 nitrogen and oxygen atoms in total. The normalized spacial score (nSPS) is 10.4. The van der Waals surface area contributed by atoms with Gasteiger partial charge in [0.05, 0.1) is 14.2 Å². The SMILES string of the molecule is CCCc1cccc(Oc2cccc(CCC)c2OC)c1OC. The van der Waals surface area contributed by atoms with Crippen molar-refractivity contribution in [3.8, 4) is 23.0 Å². The van der Waals surface area contributed by atoms with Gasteiger partial charge in [-0.3, -0.25) is 0 Å². The first-order valence-corrected chi connectivity index (χ1v) is 8.24. The van der Waals surface area contributed by atoms with Gasteiger partial charge in [0.1, 0.15) is 0 Å². The van der Waals surface area contributed by atoms with E-state index in [-0.39, 0.29) is 0 Å². The van der Waals surface area contributed by atoms with Crippen LogP contribution < -0.4 is 14.2 Å². The van der Waals surface area contributed by atoms with E-state index in [4.69, 9.17) is 14.2 Å². The van der Waals surface area contributed by atoms with E-state index < -0.39 is 0 Å². The highest BCUT2D eigenvalue weighted by molar-refractivity contribution is 5.53. The molecule has 0 spiro atoms. The molecule has 0 aliphatic heterocycles. The van der Waals surface area contributed by atoms with Crippen LogP contribution in [0.3, 0.4) is 0 Å². The van der Waals surface area contributed by atoms with Crippen LogP contribution in [0.1, 0.15) is 37.8 Å². The van der Waals surface area contributed by atoms with Gasteiger partial charge in [0.25, 0.3) is 0 Å². The molecule has 0 aliphatic rings. The van der Waals surface area contributed by atoms with Gasteiger partial charge in [0.15, 0.2) is 23.0 Å². The third-order valence-electron chi connectivity index (χ3n) is 3.79. The lowest BCUT2D eigenvalue weighted by Gasteiger charge is -2.17. The highest BCUT2D eigenvalue weighted by Gasteiger charge is 2.15. The van der Waals surface area contributed by atoms with Crippen molar-refractivity contribution in [3.05, 3.63) is 47.5 Å².